The molecule has 26 heavy (non-hydrogen) atoms. The average Bonchev–Trinajstić information content (AvgIpc) is 2.63. The van der Waals surface area contributed by atoms with Gasteiger partial charge in [-0.25, -0.2) is 0 Å². The van der Waals surface area contributed by atoms with Crippen molar-refractivity contribution in [2.45, 2.75) is 118 Å². The minimum absolute atomic E-state index is 0.0249. The lowest BCUT2D eigenvalue weighted by atomic mass is 10.3. The Morgan fingerprint density at radius 1 is 0.500 bits per heavy atom. The van der Waals surface area contributed by atoms with Crippen LogP contribution in [0.1, 0.15) is 106 Å². The maximum Gasteiger partial charge on any atom is 0.157 e. The second-order valence-corrected chi connectivity index (χ2v) is 6.68. The molecule has 4 nitrogen and oxygen atoms in total. The van der Waals surface area contributed by atoms with Gasteiger partial charge in [0.25, 0.3) is 0 Å². The third kappa shape index (κ3) is 23.8. The molecular formula is C22H48O4. The van der Waals surface area contributed by atoms with Crippen LogP contribution in [-0.2, 0) is 18.9 Å². The van der Waals surface area contributed by atoms with Gasteiger partial charge in [-0.1, -0.05) is 66.7 Å². The zero-order valence-electron chi connectivity index (χ0n) is 18.7. The Bertz CT molecular complexity index is 216. The summed E-state index contributed by atoms with van der Waals surface area (Å²) < 4.78 is 22.1. The van der Waals surface area contributed by atoms with Gasteiger partial charge < -0.3 is 18.9 Å². The van der Waals surface area contributed by atoms with Gasteiger partial charge in [-0.3, -0.25) is 0 Å². The molecule has 0 spiro atoms. The number of hydrogen-bond donors (Lipinski definition) is 0. The predicted molar refractivity (Wildman–Crippen MR) is 112 cm³/mol. The molecule has 0 bridgehead atoms. The maximum absolute atomic E-state index is 5.65. The average molecular weight is 377 g/mol. The first kappa shape index (κ1) is 28.1. The van der Waals surface area contributed by atoms with Crippen molar-refractivity contribution in [3.05, 3.63) is 0 Å². The minimum atomic E-state index is -0.0249. The second-order valence-electron chi connectivity index (χ2n) is 6.68. The van der Waals surface area contributed by atoms with Crippen LogP contribution in [0.4, 0.5) is 0 Å². The summed E-state index contributed by atoms with van der Waals surface area (Å²) >= 11 is 0. The molecule has 0 aliphatic carbocycles. The van der Waals surface area contributed by atoms with Gasteiger partial charge >= 0.3 is 0 Å². The van der Waals surface area contributed by atoms with Crippen molar-refractivity contribution in [1.82, 2.24) is 0 Å². The van der Waals surface area contributed by atoms with Crippen LogP contribution in [-0.4, -0.2) is 39.0 Å². The smallest absolute Gasteiger partial charge is 0.157 e. The standard InChI is InChI=1S/C12H26O2.C10H22O2/c1-4-7-10-13-12(9-6-3)14-11-8-5-2;1-4-6-8-11-10(3)12-9-7-5-2/h12H,4-11H2,1-3H3;10H,4-9H2,1-3H3. The molecule has 0 fully saturated rings. The van der Waals surface area contributed by atoms with E-state index in [4.69, 9.17) is 18.9 Å². The maximum atomic E-state index is 5.65. The van der Waals surface area contributed by atoms with Crippen LogP contribution in [0.15, 0.2) is 0 Å². The summed E-state index contributed by atoms with van der Waals surface area (Å²) in [7, 11) is 0. The van der Waals surface area contributed by atoms with Gasteiger partial charge in [-0.2, -0.15) is 0 Å². The fourth-order valence-corrected chi connectivity index (χ4v) is 2.00. The van der Waals surface area contributed by atoms with Crippen LogP contribution in [0.5, 0.6) is 0 Å². The summed E-state index contributed by atoms with van der Waals surface area (Å²) in [5.74, 6) is 0. The van der Waals surface area contributed by atoms with Crippen molar-refractivity contribution in [3.8, 4) is 0 Å². The largest absolute Gasteiger partial charge is 0.353 e. The Kier molecular flexibility index (Phi) is 26.8. The summed E-state index contributed by atoms with van der Waals surface area (Å²) in [5, 5.41) is 0. The normalized spacial score (nSPS) is 11.1. The number of ether oxygens (including phenoxy) is 4. The molecule has 0 rings (SSSR count). The van der Waals surface area contributed by atoms with E-state index in [0.29, 0.717) is 0 Å². The van der Waals surface area contributed by atoms with E-state index < -0.39 is 0 Å². The summed E-state index contributed by atoms with van der Waals surface area (Å²) in [5.41, 5.74) is 0. The van der Waals surface area contributed by atoms with Crippen molar-refractivity contribution in [1.29, 1.82) is 0 Å². The summed E-state index contributed by atoms with van der Waals surface area (Å²) in [6.07, 6.45) is 11.4. The van der Waals surface area contributed by atoms with E-state index in [9.17, 15) is 0 Å². The van der Waals surface area contributed by atoms with E-state index >= 15 is 0 Å². The number of hydrogen-bond acceptors (Lipinski definition) is 4. The molecule has 0 saturated heterocycles. The molecule has 0 aliphatic heterocycles. The van der Waals surface area contributed by atoms with Crippen LogP contribution in [0, 0.1) is 0 Å². The van der Waals surface area contributed by atoms with Crippen LogP contribution >= 0.6 is 0 Å². The van der Waals surface area contributed by atoms with Gasteiger partial charge in [0.05, 0.1) is 0 Å². The molecule has 0 aromatic heterocycles. The zero-order valence-corrected chi connectivity index (χ0v) is 18.7. The Labute approximate surface area is 164 Å². The SMILES string of the molecule is CCCCOC(C)OCCCC.CCCCOC(CCC)OCCCC. The van der Waals surface area contributed by atoms with E-state index in [2.05, 4.69) is 34.6 Å². The highest BCUT2D eigenvalue weighted by atomic mass is 16.7. The second kappa shape index (κ2) is 24.8. The molecule has 0 saturated carbocycles. The van der Waals surface area contributed by atoms with Crippen LogP contribution in [0.2, 0.25) is 0 Å². The third-order valence-electron chi connectivity index (χ3n) is 3.83. The van der Waals surface area contributed by atoms with Crippen molar-refractivity contribution >= 4 is 0 Å². The van der Waals surface area contributed by atoms with E-state index in [-0.39, 0.29) is 12.6 Å². The van der Waals surface area contributed by atoms with Crippen molar-refractivity contribution in [3.63, 3.8) is 0 Å². The topological polar surface area (TPSA) is 36.9 Å². The highest BCUT2D eigenvalue weighted by molar-refractivity contribution is 4.45. The van der Waals surface area contributed by atoms with Gasteiger partial charge in [-0.05, 0) is 39.0 Å². The summed E-state index contributed by atoms with van der Waals surface area (Å²) in [6, 6.07) is 0. The number of unbranched alkanes of at least 4 members (excludes halogenated alkanes) is 4. The van der Waals surface area contributed by atoms with E-state index in [1.54, 1.807) is 0 Å². The highest BCUT2D eigenvalue weighted by Crippen LogP contribution is 2.06. The fraction of sp³-hybridized carbons (Fsp3) is 1.00. The van der Waals surface area contributed by atoms with Crippen molar-refractivity contribution < 1.29 is 18.9 Å². The molecule has 4 heteroatoms. The molecule has 0 N–H and O–H groups in total. The Hall–Kier alpha value is -0.160. The highest BCUT2D eigenvalue weighted by Gasteiger charge is 2.06. The first-order valence-electron chi connectivity index (χ1n) is 11.1. The molecule has 0 unspecified atom stereocenters. The van der Waals surface area contributed by atoms with E-state index in [1.165, 1.54) is 25.7 Å². The van der Waals surface area contributed by atoms with Crippen LogP contribution in [0.25, 0.3) is 0 Å². The molecule has 0 aromatic carbocycles. The van der Waals surface area contributed by atoms with Gasteiger partial charge in [-0.15, -0.1) is 0 Å². The van der Waals surface area contributed by atoms with Crippen molar-refractivity contribution in [2.24, 2.45) is 0 Å². The molecular weight excluding hydrogens is 328 g/mol. The molecule has 0 atom stereocenters. The lowest BCUT2D eigenvalue weighted by Crippen LogP contribution is -2.18. The first-order valence-corrected chi connectivity index (χ1v) is 11.1. The lowest BCUT2D eigenvalue weighted by molar-refractivity contribution is -0.147. The Morgan fingerprint density at radius 2 is 0.846 bits per heavy atom. The minimum Gasteiger partial charge on any atom is -0.353 e. The monoisotopic (exact) mass is 376 g/mol. The Morgan fingerprint density at radius 3 is 1.15 bits per heavy atom. The molecule has 0 heterocycles. The van der Waals surface area contributed by atoms with Gasteiger partial charge in [0, 0.05) is 26.4 Å². The quantitative estimate of drug-likeness (QED) is 0.197. The molecule has 0 aromatic rings. The van der Waals surface area contributed by atoms with Crippen molar-refractivity contribution in [2.75, 3.05) is 26.4 Å². The summed E-state index contributed by atoms with van der Waals surface area (Å²) in [6.45, 7) is 16.1. The van der Waals surface area contributed by atoms with Gasteiger partial charge in [0.1, 0.15) is 0 Å². The van der Waals surface area contributed by atoms with E-state index in [0.717, 1.165) is 65.0 Å². The molecule has 0 aliphatic rings. The zero-order chi connectivity index (χ0) is 19.9. The molecule has 160 valence electrons. The summed E-state index contributed by atoms with van der Waals surface area (Å²) in [4.78, 5) is 0. The predicted octanol–water partition coefficient (Wildman–Crippen LogP) is 6.71. The third-order valence-corrected chi connectivity index (χ3v) is 3.83. The molecule has 0 amide bonds. The lowest BCUT2D eigenvalue weighted by Gasteiger charge is -2.17. The molecule has 0 radical (unpaired) electrons. The van der Waals surface area contributed by atoms with Crippen LogP contribution < -0.4 is 0 Å². The first-order chi connectivity index (χ1) is 12.7. The fourth-order valence-electron chi connectivity index (χ4n) is 2.00. The Balaban J connectivity index is 0. The van der Waals surface area contributed by atoms with E-state index in [1.807, 2.05) is 6.92 Å². The van der Waals surface area contributed by atoms with Gasteiger partial charge in [0.15, 0.2) is 12.6 Å². The number of rotatable bonds is 18. The van der Waals surface area contributed by atoms with Crippen LogP contribution in [0.3, 0.4) is 0 Å². The van der Waals surface area contributed by atoms with Gasteiger partial charge in [0.2, 0.25) is 0 Å².